The molecule has 3 aromatic rings. The minimum Gasteiger partial charge on any atom is -0.504 e. The molecule has 0 saturated heterocycles. The first-order chi connectivity index (χ1) is 10.6. The van der Waals surface area contributed by atoms with E-state index >= 15 is 0 Å². The maximum atomic E-state index is 12.0. The zero-order valence-corrected chi connectivity index (χ0v) is 11.9. The Balaban J connectivity index is 2.13. The molecule has 8 heteroatoms. The highest BCUT2D eigenvalue weighted by Gasteiger charge is 2.22. The Bertz CT molecular complexity index is 854. The van der Waals surface area contributed by atoms with Crippen LogP contribution in [-0.2, 0) is 4.79 Å². The number of aliphatic carboxylic acids is 1. The summed E-state index contributed by atoms with van der Waals surface area (Å²) in [7, 11) is 0. The number of fused-ring (bicyclic) bond motifs is 1. The van der Waals surface area contributed by atoms with Gasteiger partial charge in [-0.2, -0.15) is 0 Å². The molecule has 0 aliphatic carbocycles. The maximum absolute atomic E-state index is 12.0. The van der Waals surface area contributed by atoms with Crippen LogP contribution in [0.4, 0.5) is 0 Å². The average molecular weight is 318 g/mol. The fourth-order valence-corrected chi connectivity index (χ4v) is 2.85. The molecule has 0 aliphatic heterocycles. The Kier molecular flexibility index (Phi) is 3.51. The number of carbonyl (C=O) groups excluding carboxylic acids is 1. The smallest absolute Gasteiger partial charge is 0.322 e. The number of hydrogen-bond donors (Lipinski definition) is 3. The van der Waals surface area contributed by atoms with Crippen molar-refractivity contribution in [1.82, 2.24) is 10.3 Å². The molecular formula is C14H10N2O5S. The number of nitrogens with zero attached hydrogens (tertiary/aromatic N) is 1. The van der Waals surface area contributed by atoms with Crippen LogP contribution >= 0.6 is 11.3 Å². The van der Waals surface area contributed by atoms with Gasteiger partial charge in [-0.05, 0) is 23.6 Å². The average Bonchev–Trinajstić information content (AvgIpc) is 3.16. The summed E-state index contributed by atoms with van der Waals surface area (Å²) >= 11 is 1.25. The summed E-state index contributed by atoms with van der Waals surface area (Å²) in [6.07, 6.45) is 1.48. The van der Waals surface area contributed by atoms with Gasteiger partial charge in [-0.15, -0.1) is 11.3 Å². The van der Waals surface area contributed by atoms with Crippen LogP contribution in [0.1, 0.15) is 10.5 Å². The lowest BCUT2D eigenvalue weighted by Gasteiger charge is -2.08. The Hall–Kier alpha value is -2.87. The zero-order chi connectivity index (χ0) is 15.7. The normalized spacial score (nSPS) is 10.7. The molecule has 112 valence electrons. The van der Waals surface area contributed by atoms with Crippen LogP contribution in [-0.4, -0.2) is 33.6 Å². The zero-order valence-electron chi connectivity index (χ0n) is 11.1. The van der Waals surface area contributed by atoms with E-state index in [0.717, 1.165) is 0 Å². The number of aromatic nitrogens is 1. The second-order valence-electron chi connectivity index (χ2n) is 4.37. The van der Waals surface area contributed by atoms with Crippen LogP contribution in [0.2, 0.25) is 0 Å². The van der Waals surface area contributed by atoms with E-state index < -0.39 is 18.4 Å². The molecule has 22 heavy (non-hydrogen) atoms. The summed E-state index contributed by atoms with van der Waals surface area (Å²) in [6, 6.07) is 5.14. The number of carbonyl (C=O) groups is 2. The van der Waals surface area contributed by atoms with E-state index in [4.69, 9.17) is 9.52 Å². The first-order valence-electron chi connectivity index (χ1n) is 6.22. The predicted octanol–water partition coefficient (Wildman–Crippen LogP) is 2.08. The van der Waals surface area contributed by atoms with Crippen LogP contribution in [0.15, 0.2) is 34.3 Å². The lowest BCUT2D eigenvalue weighted by molar-refractivity contribution is -0.135. The van der Waals surface area contributed by atoms with Crippen molar-refractivity contribution in [2.45, 2.75) is 0 Å². The molecule has 0 aliphatic rings. The molecule has 3 N–H and O–H groups in total. The van der Waals surface area contributed by atoms with Crippen molar-refractivity contribution in [2.24, 2.45) is 0 Å². The lowest BCUT2D eigenvalue weighted by Crippen LogP contribution is -2.30. The summed E-state index contributed by atoms with van der Waals surface area (Å²) in [5, 5.41) is 23.4. The molecule has 0 aromatic carbocycles. The van der Waals surface area contributed by atoms with Crippen molar-refractivity contribution in [2.75, 3.05) is 6.54 Å². The van der Waals surface area contributed by atoms with Gasteiger partial charge in [0.05, 0.1) is 11.0 Å². The minimum atomic E-state index is -1.18. The van der Waals surface area contributed by atoms with Gasteiger partial charge in [0.1, 0.15) is 12.2 Å². The van der Waals surface area contributed by atoms with Crippen LogP contribution < -0.4 is 5.32 Å². The molecule has 1 amide bonds. The van der Waals surface area contributed by atoms with E-state index in [1.807, 2.05) is 0 Å². The molecular weight excluding hydrogens is 308 g/mol. The van der Waals surface area contributed by atoms with Gasteiger partial charge in [0, 0.05) is 5.39 Å². The Morgan fingerprint density at radius 3 is 2.86 bits per heavy atom. The van der Waals surface area contributed by atoms with E-state index in [9.17, 15) is 14.7 Å². The third kappa shape index (κ3) is 2.40. The largest absolute Gasteiger partial charge is 0.504 e. The van der Waals surface area contributed by atoms with Crippen LogP contribution in [0, 0.1) is 0 Å². The number of carboxylic acid groups (broad SMARTS) is 1. The number of pyridine rings is 1. The fourth-order valence-electron chi connectivity index (χ4n) is 2.01. The van der Waals surface area contributed by atoms with Gasteiger partial charge in [0.25, 0.3) is 5.91 Å². The molecule has 0 radical (unpaired) electrons. The molecule has 7 nitrogen and oxygen atoms in total. The molecule has 0 atom stereocenters. The van der Waals surface area contributed by atoms with E-state index in [2.05, 4.69) is 10.3 Å². The Morgan fingerprint density at radius 2 is 2.18 bits per heavy atom. The van der Waals surface area contributed by atoms with Crippen molar-refractivity contribution in [3.05, 3.63) is 35.5 Å². The van der Waals surface area contributed by atoms with Crippen molar-refractivity contribution in [1.29, 1.82) is 0 Å². The number of amides is 1. The SMILES string of the molecule is O=C(O)CNC(=O)c1nc(-c2ccco2)c2ccsc2c1O. The first-order valence-corrected chi connectivity index (χ1v) is 7.10. The van der Waals surface area contributed by atoms with Gasteiger partial charge in [0.15, 0.2) is 17.2 Å². The molecule has 0 spiro atoms. The maximum Gasteiger partial charge on any atom is 0.322 e. The molecule has 0 unspecified atom stereocenters. The topological polar surface area (TPSA) is 113 Å². The first kappa shape index (κ1) is 14.1. The molecule has 0 bridgehead atoms. The molecule has 3 heterocycles. The monoisotopic (exact) mass is 318 g/mol. The minimum absolute atomic E-state index is 0.234. The summed E-state index contributed by atoms with van der Waals surface area (Å²) in [6.45, 7) is -0.557. The van der Waals surface area contributed by atoms with Gasteiger partial charge in [0.2, 0.25) is 0 Å². The van der Waals surface area contributed by atoms with E-state index in [1.165, 1.54) is 17.6 Å². The van der Waals surface area contributed by atoms with Crippen LogP contribution in [0.3, 0.4) is 0 Å². The number of nitrogens with one attached hydrogen (secondary N) is 1. The fraction of sp³-hybridized carbons (Fsp3) is 0.0714. The van der Waals surface area contributed by atoms with Crippen molar-refractivity contribution < 1.29 is 24.2 Å². The molecule has 3 aromatic heterocycles. The van der Waals surface area contributed by atoms with Gasteiger partial charge in [-0.25, -0.2) is 4.98 Å². The predicted molar refractivity (Wildman–Crippen MR) is 79.0 cm³/mol. The van der Waals surface area contributed by atoms with Gasteiger partial charge < -0.3 is 19.9 Å². The molecule has 0 fully saturated rings. The van der Waals surface area contributed by atoms with Gasteiger partial charge >= 0.3 is 5.97 Å². The van der Waals surface area contributed by atoms with E-state index in [-0.39, 0.29) is 11.4 Å². The summed E-state index contributed by atoms with van der Waals surface area (Å²) in [5.41, 5.74) is 0.183. The number of hydrogen-bond acceptors (Lipinski definition) is 6. The molecule has 3 rings (SSSR count). The quantitative estimate of drug-likeness (QED) is 0.679. The summed E-state index contributed by atoms with van der Waals surface area (Å²) < 4.78 is 5.79. The highest BCUT2D eigenvalue weighted by atomic mass is 32.1. The van der Waals surface area contributed by atoms with Gasteiger partial charge in [-0.3, -0.25) is 9.59 Å². The third-order valence-corrected chi connectivity index (χ3v) is 3.87. The number of aromatic hydroxyl groups is 1. The van der Waals surface area contributed by atoms with Crippen LogP contribution in [0.25, 0.3) is 21.5 Å². The highest BCUT2D eigenvalue weighted by Crippen LogP contribution is 2.38. The Labute approximate surface area is 127 Å². The van der Waals surface area contributed by atoms with E-state index in [0.29, 0.717) is 21.5 Å². The van der Waals surface area contributed by atoms with Crippen LogP contribution in [0.5, 0.6) is 5.75 Å². The Morgan fingerprint density at radius 1 is 1.36 bits per heavy atom. The van der Waals surface area contributed by atoms with E-state index in [1.54, 1.807) is 23.6 Å². The van der Waals surface area contributed by atoms with Crippen molar-refractivity contribution >= 4 is 33.3 Å². The van der Waals surface area contributed by atoms with Gasteiger partial charge in [-0.1, -0.05) is 0 Å². The number of rotatable bonds is 4. The lowest BCUT2D eigenvalue weighted by atomic mass is 10.1. The molecule has 0 saturated carbocycles. The highest BCUT2D eigenvalue weighted by molar-refractivity contribution is 7.17. The summed E-state index contributed by atoms with van der Waals surface area (Å²) in [5.74, 6) is -1.77. The van der Waals surface area contributed by atoms with Crippen molar-refractivity contribution in [3.63, 3.8) is 0 Å². The standard InChI is InChI=1S/C14H10N2O5S/c17-9(18)6-15-14(20)11-12(19)13-7(3-5-22-13)10(16-11)8-2-1-4-21-8/h1-5,19H,6H2,(H,15,20)(H,17,18). The third-order valence-electron chi connectivity index (χ3n) is 2.95. The second-order valence-corrected chi connectivity index (χ2v) is 5.29. The van der Waals surface area contributed by atoms with Crippen molar-refractivity contribution in [3.8, 4) is 17.2 Å². The second kappa shape index (κ2) is 5.49. The number of thiophene rings is 1. The summed E-state index contributed by atoms with van der Waals surface area (Å²) in [4.78, 5) is 26.7. The number of furan rings is 1. The number of carboxylic acids is 1.